The van der Waals surface area contributed by atoms with Crippen LogP contribution >= 0.6 is 0 Å². The fourth-order valence-corrected chi connectivity index (χ4v) is 7.69. The predicted molar refractivity (Wildman–Crippen MR) is 114 cm³/mol. The summed E-state index contributed by atoms with van der Waals surface area (Å²) in [6, 6.07) is 21.1. The molecule has 0 aliphatic heterocycles. The van der Waals surface area contributed by atoms with Crippen molar-refractivity contribution >= 4 is 24.7 Å². The van der Waals surface area contributed by atoms with Crippen LogP contribution in [0, 0.1) is 0 Å². The van der Waals surface area contributed by atoms with Gasteiger partial charge in [0.15, 0.2) is 0 Å². The zero-order chi connectivity index (χ0) is 19.8. The Kier molecular flexibility index (Phi) is 7.42. The minimum absolute atomic E-state index is 0.0495. The van der Waals surface area contributed by atoms with Gasteiger partial charge in [-0.15, -0.1) is 0 Å². The van der Waals surface area contributed by atoms with E-state index >= 15 is 0 Å². The second-order valence-corrected chi connectivity index (χ2v) is 11.9. The lowest BCUT2D eigenvalue weighted by Gasteiger charge is -2.41. The number of esters is 1. The van der Waals surface area contributed by atoms with Gasteiger partial charge in [-0.3, -0.25) is 4.79 Å². The molecular weight excluding hydrogens is 352 g/mol. The van der Waals surface area contributed by atoms with Crippen molar-refractivity contribution in [1.29, 1.82) is 0 Å². The van der Waals surface area contributed by atoms with Gasteiger partial charge < -0.3 is 9.16 Å². The lowest BCUT2D eigenvalue weighted by Crippen LogP contribution is -2.65. The molecule has 0 heterocycles. The molecule has 0 atom stereocenters. The molecule has 4 heteroatoms. The molecular formula is C23H30O3Si. The molecule has 0 aliphatic rings. The van der Waals surface area contributed by atoms with E-state index in [4.69, 9.17) is 4.43 Å². The summed E-state index contributed by atoms with van der Waals surface area (Å²) < 4.78 is 11.3. The Hall–Kier alpha value is -2.33. The van der Waals surface area contributed by atoms with Crippen molar-refractivity contribution in [2.75, 3.05) is 7.11 Å². The van der Waals surface area contributed by atoms with E-state index in [1.807, 2.05) is 24.5 Å². The summed E-state index contributed by atoms with van der Waals surface area (Å²) >= 11 is 0. The third-order valence-electron chi connectivity index (χ3n) is 4.74. The van der Waals surface area contributed by atoms with Gasteiger partial charge in [-0.05, 0) is 28.3 Å². The number of carbonyl (C=O) groups excluding carboxylic acids is 1. The molecule has 27 heavy (non-hydrogen) atoms. The summed E-state index contributed by atoms with van der Waals surface area (Å²) in [5.41, 5.74) is 0. The summed E-state index contributed by atoms with van der Waals surface area (Å²) in [5, 5.41) is 2.46. The van der Waals surface area contributed by atoms with Crippen molar-refractivity contribution in [2.45, 2.75) is 45.1 Å². The van der Waals surface area contributed by atoms with Crippen molar-refractivity contribution in [1.82, 2.24) is 0 Å². The molecule has 0 unspecified atom stereocenters. The lowest BCUT2D eigenvalue weighted by atomic mass is 10.2. The maximum absolute atomic E-state index is 11.2. The predicted octanol–water partition coefficient (Wildman–Crippen LogP) is 4.42. The van der Waals surface area contributed by atoms with E-state index in [0.717, 1.165) is 12.8 Å². The number of hydrogen-bond donors (Lipinski definition) is 0. The van der Waals surface area contributed by atoms with Crippen molar-refractivity contribution in [3.05, 3.63) is 73.0 Å². The number of hydrogen-bond acceptors (Lipinski definition) is 3. The standard InChI is InChI=1S/C23H30O3Si/c1-23(2,3)27(20-14-8-5-9-15-20,21-16-10-6-11-17-21)26-19-13-7-12-18-22(24)25-4/h5-6,8-11,13-17,19H,7,12,18H2,1-4H3/b19-13+. The zero-order valence-corrected chi connectivity index (χ0v) is 17.8. The van der Waals surface area contributed by atoms with Crippen molar-refractivity contribution in [3.8, 4) is 0 Å². The van der Waals surface area contributed by atoms with Crippen molar-refractivity contribution in [3.63, 3.8) is 0 Å². The van der Waals surface area contributed by atoms with Gasteiger partial charge in [-0.2, -0.15) is 0 Å². The average molecular weight is 383 g/mol. The van der Waals surface area contributed by atoms with Gasteiger partial charge >= 0.3 is 14.3 Å². The van der Waals surface area contributed by atoms with Gasteiger partial charge in [0.25, 0.3) is 0 Å². The maximum atomic E-state index is 11.2. The summed E-state index contributed by atoms with van der Waals surface area (Å²) in [6.07, 6.45) is 5.83. The Bertz CT molecular complexity index is 694. The highest BCUT2D eigenvalue weighted by Crippen LogP contribution is 2.36. The molecule has 2 rings (SSSR count). The fourth-order valence-electron chi connectivity index (χ4n) is 3.38. The Morgan fingerprint density at radius 1 is 0.963 bits per heavy atom. The number of carbonyl (C=O) groups is 1. The van der Waals surface area contributed by atoms with E-state index in [1.165, 1.54) is 17.5 Å². The van der Waals surface area contributed by atoms with Crippen LogP contribution in [-0.4, -0.2) is 21.4 Å². The highest BCUT2D eigenvalue weighted by atomic mass is 28.4. The fraction of sp³-hybridized carbons (Fsp3) is 0.348. The Labute approximate surface area is 164 Å². The molecule has 2 aromatic rings. The summed E-state index contributed by atoms with van der Waals surface area (Å²) in [6.45, 7) is 6.76. The van der Waals surface area contributed by atoms with Crippen LogP contribution < -0.4 is 10.4 Å². The van der Waals surface area contributed by atoms with Gasteiger partial charge in [-0.1, -0.05) is 87.5 Å². The topological polar surface area (TPSA) is 35.5 Å². The van der Waals surface area contributed by atoms with Crippen LogP contribution in [0.3, 0.4) is 0 Å². The minimum atomic E-state index is -2.52. The highest BCUT2D eigenvalue weighted by Gasteiger charge is 2.51. The third kappa shape index (κ3) is 5.10. The Morgan fingerprint density at radius 2 is 1.48 bits per heavy atom. The molecule has 0 N–H and O–H groups in total. The molecule has 0 aliphatic carbocycles. The Morgan fingerprint density at radius 3 is 1.93 bits per heavy atom. The van der Waals surface area contributed by atoms with E-state index in [2.05, 4.69) is 74.0 Å². The van der Waals surface area contributed by atoms with Crippen LogP contribution in [0.5, 0.6) is 0 Å². The van der Waals surface area contributed by atoms with Crippen LogP contribution in [0.15, 0.2) is 73.0 Å². The minimum Gasteiger partial charge on any atom is -0.540 e. The quantitative estimate of drug-likeness (QED) is 0.293. The lowest BCUT2D eigenvalue weighted by molar-refractivity contribution is -0.140. The van der Waals surface area contributed by atoms with Gasteiger partial charge in [0.1, 0.15) is 0 Å². The normalized spacial score (nSPS) is 12.1. The van der Waals surface area contributed by atoms with Crippen LogP contribution in [0.25, 0.3) is 0 Å². The largest absolute Gasteiger partial charge is 0.540 e. The Balaban J connectivity index is 2.31. The summed E-state index contributed by atoms with van der Waals surface area (Å²) in [7, 11) is -1.10. The molecule has 2 aromatic carbocycles. The highest BCUT2D eigenvalue weighted by molar-refractivity contribution is 6.99. The molecule has 0 saturated carbocycles. The third-order valence-corrected chi connectivity index (χ3v) is 9.63. The molecule has 0 radical (unpaired) electrons. The van der Waals surface area contributed by atoms with Crippen molar-refractivity contribution < 1.29 is 14.0 Å². The summed E-state index contributed by atoms with van der Waals surface area (Å²) in [4.78, 5) is 11.2. The molecule has 0 bridgehead atoms. The van der Waals surface area contributed by atoms with Gasteiger partial charge in [-0.25, -0.2) is 0 Å². The number of unbranched alkanes of at least 4 members (excludes halogenated alkanes) is 1. The van der Waals surface area contributed by atoms with E-state index < -0.39 is 8.32 Å². The molecule has 144 valence electrons. The molecule has 0 amide bonds. The van der Waals surface area contributed by atoms with Gasteiger partial charge in [0.2, 0.25) is 0 Å². The van der Waals surface area contributed by atoms with E-state index in [9.17, 15) is 4.79 Å². The second kappa shape index (κ2) is 9.56. The van der Waals surface area contributed by atoms with Crippen molar-refractivity contribution in [2.24, 2.45) is 0 Å². The number of rotatable bonds is 8. The van der Waals surface area contributed by atoms with Gasteiger partial charge in [0, 0.05) is 6.42 Å². The average Bonchev–Trinajstić information content (AvgIpc) is 2.67. The SMILES string of the molecule is COC(=O)CCC/C=C/O[Si](c1ccccc1)(c1ccccc1)C(C)(C)C. The smallest absolute Gasteiger partial charge is 0.319 e. The number of methoxy groups -OCH3 is 1. The number of ether oxygens (including phenoxy) is 1. The molecule has 0 aromatic heterocycles. The van der Waals surface area contributed by atoms with Crippen LogP contribution in [0.4, 0.5) is 0 Å². The molecule has 0 spiro atoms. The van der Waals surface area contributed by atoms with Crippen LogP contribution in [-0.2, 0) is 14.0 Å². The monoisotopic (exact) mass is 382 g/mol. The number of benzene rings is 2. The summed E-state index contributed by atoms with van der Waals surface area (Å²) in [5.74, 6) is -0.170. The van der Waals surface area contributed by atoms with Crippen LogP contribution in [0.2, 0.25) is 5.04 Å². The number of allylic oxidation sites excluding steroid dienone is 1. The van der Waals surface area contributed by atoms with E-state index in [-0.39, 0.29) is 11.0 Å². The second-order valence-electron chi connectivity index (χ2n) is 7.62. The first-order valence-electron chi connectivity index (χ1n) is 9.42. The first-order chi connectivity index (χ1) is 12.9. The molecule has 3 nitrogen and oxygen atoms in total. The van der Waals surface area contributed by atoms with E-state index in [0.29, 0.717) is 6.42 Å². The molecule has 0 saturated heterocycles. The van der Waals surface area contributed by atoms with Crippen LogP contribution in [0.1, 0.15) is 40.0 Å². The maximum Gasteiger partial charge on any atom is 0.319 e. The van der Waals surface area contributed by atoms with Gasteiger partial charge in [0.05, 0.1) is 13.4 Å². The first kappa shape index (κ1) is 21.0. The first-order valence-corrected chi connectivity index (χ1v) is 11.3. The molecule has 0 fully saturated rings. The zero-order valence-electron chi connectivity index (χ0n) is 16.8. The van der Waals surface area contributed by atoms with E-state index in [1.54, 1.807) is 0 Å².